The highest BCUT2D eigenvalue weighted by atomic mass is 35.5. The number of halogens is 3. The van der Waals surface area contributed by atoms with E-state index in [2.05, 4.69) is 0 Å². The number of nitrogens with two attached hydrogens (primary N) is 1. The standard InChI is InChI=1S/C18H20F2N2O.ClH/c1-12(17(21)14-6-4-3-5-7-14)18(23)22(2)11-13-8-9-15(19)16(20)10-13;/h3-10,12,17H,11,21H2,1-2H3;1H. The van der Waals surface area contributed by atoms with Crippen LogP contribution in [-0.4, -0.2) is 17.9 Å². The molecule has 0 saturated heterocycles. The molecule has 0 saturated carbocycles. The van der Waals surface area contributed by atoms with E-state index in [0.29, 0.717) is 5.56 Å². The molecule has 0 aliphatic carbocycles. The van der Waals surface area contributed by atoms with Gasteiger partial charge in [0.2, 0.25) is 5.91 Å². The number of carbonyl (C=O) groups is 1. The maximum atomic E-state index is 13.2. The van der Waals surface area contributed by atoms with Gasteiger partial charge in [-0.25, -0.2) is 8.78 Å². The fraction of sp³-hybridized carbons (Fsp3) is 0.278. The van der Waals surface area contributed by atoms with Gasteiger partial charge < -0.3 is 10.6 Å². The second kappa shape index (κ2) is 8.76. The summed E-state index contributed by atoms with van der Waals surface area (Å²) in [5.41, 5.74) is 7.57. The van der Waals surface area contributed by atoms with Gasteiger partial charge in [0, 0.05) is 19.6 Å². The third kappa shape index (κ3) is 4.76. The Labute approximate surface area is 146 Å². The summed E-state index contributed by atoms with van der Waals surface area (Å²) in [6.07, 6.45) is 0. The van der Waals surface area contributed by atoms with E-state index in [1.54, 1.807) is 14.0 Å². The summed E-state index contributed by atoms with van der Waals surface area (Å²) in [5.74, 6) is -2.39. The fourth-order valence-electron chi connectivity index (χ4n) is 2.45. The smallest absolute Gasteiger partial charge is 0.227 e. The average molecular weight is 355 g/mol. The van der Waals surface area contributed by atoms with E-state index in [0.717, 1.165) is 17.7 Å². The van der Waals surface area contributed by atoms with Crippen molar-refractivity contribution in [3.63, 3.8) is 0 Å². The van der Waals surface area contributed by atoms with Crippen molar-refractivity contribution in [1.82, 2.24) is 4.90 Å². The number of carbonyl (C=O) groups excluding carboxylic acids is 1. The van der Waals surface area contributed by atoms with Gasteiger partial charge in [-0.2, -0.15) is 0 Å². The van der Waals surface area contributed by atoms with Crippen LogP contribution in [0.5, 0.6) is 0 Å². The maximum Gasteiger partial charge on any atom is 0.227 e. The van der Waals surface area contributed by atoms with Crippen molar-refractivity contribution in [3.8, 4) is 0 Å². The molecule has 0 radical (unpaired) electrons. The summed E-state index contributed by atoms with van der Waals surface area (Å²) in [6, 6.07) is 12.6. The number of amides is 1. The second-order valence-electron chi connectivity index (χ2n) is 5.67. The first-order chi connectivity index (χ1) is 10.9. The van der Waals surface area contributed by atoms with E-state index in [1.807, 2.05) is 30.3 Å². The number of hydrogen-bond acceptors (Lipinski definition) is 2. The van der Waals surface area contributed by atoms with E-state index in [1.165, 1.54) is 11.0 Å². The summed E-state index contributed by atoms with van der Waals surface area (Å²) in [5, 5.41) is 0. The molecule has 1 amide bonds. The van der Waals surface area contributed by atoms with E-state index >= 15 is 0 Å². The molecule has 0 heterocycles. The van der Waals surface area contributed by atoms with Gasteiger partial charge in [-0.15, -0.1) is 12.4 Å². The van der Waals surface area contributed by atoms with Crippen LogP contribution in [0, 0.1) is 17.6 Å². The van der Waals surface area contributed by atoms with Crippen LogP contribution in [0.1, 0.15) is 24.1 Å². The molecule has 24 heavy (non-hydrogen) atoms. The molecule has 2 aromatic rings. The zero-order valence-corrected chi connectivity index (χ0v) is 14.4. The first kappa shape index (κ1) is 20.1. The molecule has 2 rings (SSSR count). The molecule has 0 spiro atoms. The van der Waals surface area contributed by atoms with E-state index in [-0.39, 0.29) is 24.9 Å². The van der Waals surface area contributed by atoms with Crippen molar-refractivity contribution < 1.29 is 13.6 Å². The van der Waals surface area contributed by atoms with Crippen LogP contribution < -0.4 is 5.73 Å². The van der Waals surface area contributed by atoms with Gasteiger partial charge in [0.15, 0.2) is 11.6 Å². The Kier molecular flexibility index (Phi) is 7.32. The lowest BCUT2D eigenvalue weighted by atomic mass is 9.94. The fourth-order valence-corrected chi connectivity index (χ4v) is 2.45. The quantitative estimate of drug-likeness (QED) is 0.890. The summed E-state index contributed by atoms with van der Waals surface area (Å²) >= 11 is 0. The largest absolute Gasteiger partial charge is 0.341 e. The third-order valence-corrected chi connectivity index (χ3v) is 3.89. The van der Waals surface area contributed by atoms with Crippen molar-refractivity contribution in [2.45, 2.75) is 19.5 Å². The van der Waals surface area contributed by atoms with Crippen molar-refractivity contribution in [2.24, 2.45) is 11.7 Å². The molecule has 2 N–H and O–H groups in total. The molecule has 0 aromatic heterocycles. The second-order valence-corrected chi connectivity index (χ2v) is 5.67. The molecule has 2 atom stereocenters. The first-order valence-corrected chi connectivity index (χ1v) is 7.39. The predicted molar refractivity (Wildman–Crippen MR) is 92.6 cm³/mol. The summed E-state index contributed by atoms with van der Waals surface area (Å²) in [4.78, 5) is 14.0. The van der Waals surface area contributed by atoms with Crippen LogP contribution in [0.25, 0.3) is 0 Å². The third-order valence-electron chi connectivity index (χ3n) is 3.89. The van der Waals surface area contributed by atoms with Crippen LogP contribution in [0.2, 0.25) is 0 Å². The molecule has 0 fully saturated rings. The Bertz CT molecular complexity index is 682. The average Bonchev–Trinajstić information content (AvgIpc) is 2.57. The number of hydrogen-bond donors (Lipinski definition) is 1. The highest BCUT2D eigenvalue weighted by molar-refractivity contribution is 5.85. The lowest BCUT2D eigenvalue weighted by molar-refractivity contribution is -0.134. The van der Waals surface area contributed by atoms with Gasteiger partial charge in [-0.1, -0.05) is 43.3 Å². The monoisotopic (exact) mass is 354 g/mol. The minimum absolute atomic E-state index is 0. The zero-order chi connectivity index (χ0) is 17.0. The molecule has 2 unspecified atom stereocenters. The molecular weight excluding hydrogens is 334 g/mol. The summed E-state index contributed by atoms with van der Waals surface area (Å²) in [6.45, 7) is 1.96. The van der Waals surface area contributed by atoms with Crippen molar-refractivity contribution >= 4 is 18.3 Å². The van der Waals surface area contributed by atoms with E-state index in [4.69, 9.17) is 5.73 Å². The highest BCUT2D eigenvalue weighted by Gasteiger charge is 2.25. The minimum Gasteiger partial charge on any atom is -0.341 e. The lowest BCUT2D eigenvalue weighted by Crippen LogP contribution is -2.36. The van der Waals surface area contributed by atoms with Crippen LogP contribution >= 0.6 is 12.4 Å². The predicted octanol–water partition coefficient (Wildman–Crippen LogP) is 3.68. The Balaban J connectivity index is 0.00000288. The van der Waals surface area contributed by atoms with Crippen LogP contribution in [0.15, 0.2) is 48.5 Å². The van der Waals surface area contributed by atoms with Gasteiger partial charge in [-0.3, -0.25) is 4.79 Å². The van der Waals surface area contributed by atoms with Crippen molar-refractivity contribution in [1.29, 1.82) is 0 Å². The van der Waals surface area contributed by atoms with Gasteiger partial charge in [0.05, 0.1) is 5.92 Å². The van der Waals surface area contributed by atoms with Gasteiger partial charge in [-0.05, 0) is 23.3 Å². The Morgan fingerprint density at radius 3 is 2.33 bits per heavy atom. The number of nitrogens with zero attached hydrogens (tertiary/aromatic N) is 1. The highest BCUT2D eigenvalue weighted by Crippen LogP contribution is 2.21. The molecular formula is C18H21ClF2N2O. The lowest BCUT2D eigenvalue weighted by Gasteiger charge is -2.25. The normalized spacial score (nSPS) is 12.9. The molecule has 6 heteroatoms. The van der Waals surface area contributed by atoms with Gasteiger partial charge in [0.25, 0.3) is 0 Å². The topological polar surface area (TPSA) is 46.3 Å². The molecule has 0 aliphatic heterocycles. The summed E-state index contributed by atoms with van der Waals surface area (Å²) < 4.78 is 26.2. The van der Waals surface area contributed by atoms with E-state index < -0.39 is 23.6 Å². The van der Waals surface area contributed by atoms with Gasteiger partial charge in [0.1, 0.15) is 0 Å². The van der Waals surface area contributed by atoms with Crippen LogP contribution in [0.4, 0.5) is 8.78 Å². The molecule has 2 aromatic carbocycles. The maximum absolute atomic E-state index is 13.2. The SMILES string of the molecule is CC(C(=O)N(C)Cc1ccc(F)c(F)c1)C(N)c1ccccc1.Cl. The number of rotatable bonds is 5. The minimum atomic E-state index is -0.919. The molecule has 0 bridgehead atoms. The van der Waals surface area contributed by atoms with Crippen LogP contribution in [-0.2, 0) is 11.3 Å². The Morgan fingerprint density at radius 1 is 1.12 bits per heavy atom. The van der Waals surface area contributed by atoms with E-state index in [9.17, 15) is 13.6 Å². The first-order valence-electron chi connectivity index (χ1n) is 7.39. The van der Waals surface area contributed by atoms with Crippen LogP contribution in [0.3, 0.4) is 0 Å². The van der Waals surface area contributed by atoms with Gasteiger partial charge >= 0.3 is 0 Å². The van der Waals surface area contributed by atoms with Crippen molar-refractivity contribution in [3.05, 3.63) is 71.3 Å². The molecule has 130 valence electrons. The Hall–Kier alpha value is -1.98. The molecule has 0 aliphatic rings. The molecule has 3 nitrogen and oxygen atoms in total. The van der Waals surface area contributed by atoms with Crippen molar-refractivity contribution in [2.75, 3.05) is 7.05 Å². The summed E-state index contributed by atoms with van der Waals surface area (Å²) in [7, 11) is 1.62. The number of benzene rings is 2. The Morgan fingerprint density at radius 2 is 1.75 bits per heavy atom. The zero-order valence-electron chi connectivity index (χ0n) is 13.6.